The van der Waals surface area contributed by atoms with Crippen LogP contribution in [0.25, 0.3) is 0 Å². The third-order valence-corrected chi connectivity index (χ3v) is 7.25. The zero-order chi connectivity index (χ0) is 29.4. The van der Waals surface area contributed by atoms with E-state index in [1.54, 1.807) is 12.1 Å². The van der Waals surface area contributed by atoms with Crippen LogP contribution in [0.2, 0.25) is 0 Å². The molecule has 0 aliphatic carbocycles. The normalized spacial score (nSPS) is 21.3. The van der Waals surface area contributed by atoms with Crippen LogP contribution >= 0.6 is 0 Å². The average molecular weight is 562 g/mol. The van der Waals surface area contributed by atoms with Crippen LogP contribution in [0.3, 0.4) is 0 Å². The molecule has 2 heterocycles. The number of pyridine rings is 1. The van der Waals surface area contributed by atoms with E-state index in [-0.39, 0.29) is 24.7 Å². The smallest absolute Gasteiger partial charge is 0.303 e. The molecule has 218 valence electrons. The molecule has 1 amide bonds. The fraction of sp³-hybridized carbons (Fsp3) is 0.406. The fourth-order valence-corrected chi connectivity index (χ4v) is 4.85. The summed E-state index contributed by atoms with van der Waals surface area (Å²) in [5, 5.41) is 12.3. The number of benzene rings is 2. The summed E-state index contributed by atoms with van der Waals surface area (Å²) < 4.78 is 18.0. The van der Waals surface area contributed by atoms with Crippen molar-refractivity contribution in [3.05, 3.63) is 95.3 Å². The van der Waals surface area contributed by atoms with Crippen LogP contribution in [-0.4, -0.2) is 59.2 Å². The van der Waals surface area contributed by atoms with Crippen molar-refractivity contribution >= 4 is 17.6 Å². The Balaban J connectivity index is 1.48. The number of carbonyl (C=O) groups is 2. The van der Waals surface area contributed by atoms with E-state index in [2.05, 4.69) is 29.2 Å². The Hall–Kier alpha value is -3.63. The minimum atomic E-state index is -0.896. The highest BCUT2D eigenvalue weighted by Crippen LogP contribution is 2.42. The number of hydrogen-bond acceptors (Lipinski definition) is 8. The number of nitrogens with one attached hydrogen (secondary N) is 1. The Bertz CT molecular complexity index is 1270. The number of nitrogens with zero attached hydrogens (tertiary/aromatic N) is 2. The van der Waals surface area contributed by atoms with Crippen molar-refractivity contribution in [2.75, 3.05) is 25.5 Å². The molecule has 1 fully saturated rings. The van der Waals surface area contributed by atoms with Gasteiger partial charge in [0.1, 0.15) is 0 Å². The van der Waals surface area contributed by atoms with Crippen LogP contribution in [0.15, 0.2) is 72.9 Å². The van der Waals surface area contributed by atoms with Crippen LogP contribution in [-0.2, 0) is 36.8 Å². The van der Waals surface area contributed by atoms with Gasteiger partial charge < -0.3 is 29.5 Å². The van der Waals surface area contributed by atoms with Gasteiger partial charge in [0.25, 0.3) is 5.91 Å². The maximum absolute atomic E-state index is 12.3. The molecule has 1 aromatic heterocycles. The lowest BCUT2D eigenvalue weighted by atomic mass is 9.90. The summed E-state index contributed by atoms with van der Waals surface area (Å²) in [6.45, 7) is 6.47. The van der Waals surface area contributed by atoms with E-state index in [0.29, 0.717) is 12.2 Å². The van der Waals surface area contributed by atoms with Gasteiger partial charge in [0.05, 0.1) is 18.8 Å². The number of aliphatic hydroxyl groups excluding tert-OH is 1. The van der Waals surface area contributed by atoms with Gasteiger partial charge in [-0.25, -0.2) is 0 Å². The molecule has 0 spiro atoms. The van der Waals surface area contributed by atoms with Crippen molar-refractivity contribution in [2.24, 2.45) is 5.92 Å². The average Bonchev–Trinajstić information content (AvgIpc) is 2.98. The third kappa shape index (κ3) is 8.43. The first-order valence-corrected chi connectivity index (χ1v) is 13.9. The van der Waals surface area contributed by atoms with Gasteiger partial charge in [-0.1, -0.05) is 49.4 Å². The molecule has 1 aliphatic rings. The lowest BCUT2D eigenvalue weighted by molar-refractivity contribution is -0.275. The number of esters is 1. The second kappa shape index (κ2) is 14.3. The molecule has 41 heavy (non-hydrogen) atoms. The Kier molecular flexibility index (Phi) is 10.6. The summed E-state index contributed by atoms with van der Waals surface area (Å²) in [5.41, 5.74) is 4.31. The number of ether oxygens (including phenoxy) is 3. The summed E-state index contributed by atoms with van der Waals surface area (Å²) in [6.07, 6.45) is 0.800. The van der Waals surface area contributed by atoms with Crippen molar-refractivity contribution < 1.29 is 28.9 Å². The van der Waals surface area contributed by atoms with Crippen molar-refractivity contribution in [2.45, 2.75) is 58.4 Å². The number of hydrogen-bond donors (Lipinski definition) is 2. The van der Waals surface area contributed by atoms with Crippen LogP contribution in [0.4, 0.5) is 5.69 Å². The lowest BCUT2D eigenvalue weighted by Gasteiger charge is -2.42. The molecular formula is C32H39N3O6. The molecule has 2 aromatic carbocycles. The summed E-state index contributed by atoms with van der Waals surface area (Å²) in [5.74, 6) is -0.863. The van der Waals surface area contributed by atoms with Crippen LogP contribution < -0.4 is 5.32 Å². The van der Waals surface area contributed by atoms with Crippen molar-refractivity contribution in [1.29, 1.82) is 0 Å². The second-order valence-electron chi connectivity index (χ2n) is 10.5. The number of aromatic nitrogens is 1. The molecule has 0 bridgehead atoms. The van der Waals surface area contributed by atoms with E-state index < -0.39 is 24.3 Å². The zero-order valence-electron chi connectivity index (χ0n) is 24.0. The Morgan fingerprint density at radius 3 is 2.39 bits per heavy atom. The molecule has 0 radical (unpaired) electrons. The molecule has 9 heteroatoms. The van der Waals surface area contributed by atoms with Gasteiger partial charge in [-0.2, -0.15) is 0 Å². The van der Waals surface area contributed by atoms with Gasteiger partial charge in [-0.3, -0.25) is 14.6 Å². The van der Waals surface area contributed by atoms with Crippen molar-refractivity contribution in [3.8, 4) is 0 Å². The first-order valence-electron chi connectivity index (χ1n) is 13.9. The minimum Gasteiger partial charge on any atom is -0.453 e. The summed E-state index contributed by atoms with van der Waals surface area (Å²) >= 11 is 0. The first-order chi connectivity index (χ1) is 19.7. The maximum atomic E-state index is 12.3. The minimum absolute atomic E-state index is 0.0146. The second-order valence-corrected chi connectivity index (χ2v) is 10.5. The fourth-order valence-electron chi connectivity index (χ4n) is 4.85. The molecule has 2 N–H and O–H groups in total. The predicted molar refractivity (Wildman–Crippen MR) is 155 cm³/mol. The Morgan fingerprint density at radius 2 is 1.76 bits per heavy atom. The highest BCUT2D eigenvalue weighted by molar-refractivity contribution is 5.94. The lowest BCUT2D eigenvalue weighted by Crippen LogP contribution is -2.43. The molecule has 1 saturated heterocycles. The Labute approximate surface area is 241 Å². The number of carbonyl (C=O) groups excluding carboxylic acids is 2. The number of rotatable bonds is 11. The molecule has 1 aliphatic heterocycles. The number of anilines is 1. The van der Waals surface area contributed by atoms with Gasteiger partial charge in [-0.05, 0) is 49.4 Å². The van der Waals surface area contributed by atoms with Crippen LogP contribution in [0, 0.1) is 5.92 Å². The summed E-state index contributed by atoms with van der Waals surface area (Å²) in [4.78, 5) is 30.2. The first kappa shape index (κ1) is 30.3. The van der Waals surface area contributed by atoms with Crippen molar-refractivity contribution in [3.63, 3.8) is 0 Å². The van der Waals surface area contributed by atoms with E-state index in [4.69, 9.17) is 14.2 Å². The maximum Gasteiger partial charge on any atom is 0.303 e. The van der Waals surface area contributed by atoms with E-state index >= 15 is 0 Å². The monoisotopic (exact) mass is 561 g/mol. The van der Waals surface area contributed by atoms with E-state index in [1.165, 1.54) is 13.8 Å². The van der Waals surface area contributed by atoms with Gasteiger partial charge in [0.2, 0.25) is 0 Å². The third-order valence-electron chi connectivity index (χ3n) is 7.25. The van der Waals surface area contributed by atoms with Gasteiger partial charge >= 0.3 is 5.97 Å². The van der Waals surface area contributed by atoms with Gasteiger partial charge in [0, 0.05) is 55.5 Å². The quantitative estimate of drug-likeness (QED) is 0.331. The topological polar surface area (TPSA) is 110 Å². The largest absolute Gasteiger partial charge is 0.453 e. The van der Waals surface area contributed by atoms with Gasteiger partial charge in [0.15, 0.2) is 12.4 Å². The standard InChI is InChI=1S/C32H39N3O6/c1-21-29(19-35(4)18-16-27-7-5-6-17-33-27)40-32(41-30(21)25-10-8-24(20-36)9-11-25)26-12-14-28(15-13-26)34-31(38)22(2)39-23(3)37/h5-15,17,21-22,29-30,32,36H,16,18-20H2,1-4H3,(H,34,38)/t21-,22+,29+,30+,32+/m1/s1. The predicted octanol–water partition coefficient (Wildman–Crippen LogP) is 4.43. The molecule has 4 rings (SSSR count). The number of amides is 1. The zero-order valence-corrected chi connectivity index (χ0v) is 24.0. The van der Waals surface area contributed by atoms with Crippen molar-refractivity contribution in [1.82, 2.24) is 9.88 Å². The molecule has 9 nitrogen and oxygen atoms in total. The summed E-state index contributed by atoms with van der Waals surface area (Å²) in [7, 11) is 2.09. The number of likely N-dealkylation sites (N-methyl/N-ethyl adjacent to an activating group) is 1. The molecule has 0 saturated carbocycles. The van der Waals surface area contributed by atoms with Crippen LogP contribution in [0.1, 0.15) is 55.5 Å². The molecule has 5 atom stereocenters. The highest BCUT2D eigenvalue weighted by Gasteiger charge is 2.38. The number of aliphatic hydroxyl groups is 1. The van der Waals surface area contributed by atoms with E-state index in [9.17, 15) is 14.7 Å². The van der Waals surface area contributed by atoms with E-state index in [0.717, 1.165) is 35.3 Å². The van der Waals surface area contributed by atoms with Crippen LogP contribution in [0.5, 0.6) is 0 Å². The van der Waals surface area contributed by atoms with E-state index in [1.807, 2.05) is 60.8 Å². The summed E-state index contributed by atoms with van der Waals surface area (Å²) in [6, 6.07) is 21.1. The van der Waals surface area contributed by atoms with Gasteiger partial charge in [-0.15, -0.1) is 0 Å². The highest BCUT2D eigenvalue weighted by atomic mass is 16.7. The molecule has 3 aromatic rings. The Morgan fingerprint density at radius 1 is 1.05 bits per heavy atom. The molecular weight excluding hydrogens is 522 g/mol. The SMILES string of the molecule is CC(=O)O[C@@H](C)C(=O)Nc1ccc([C@H]2O[C@@H](CN(C)CCc3ccccn3)[C@@H](C)[C@@H](c3ccc(CO)cc3)O2)cc1. The molecule has 0 unspecified atom stereocenters.